The molecule has 1 aromatic rings. The number of carbonyl (C=O) groups excluding carboxylic acids is 1. The molecule has 92 valence electrons. The summed E-state index contributed by atoms with van der Waals surface area (Å²) in [7, 11) is 0. The lowest BCUT2D eigenvalue weighted by Gasteiger charge is -2.20. The van der Waals surface area contributed by atoms with Gasteiger partial charge in [-0.05, 0) is 24.5 Å². The summed E-state index contributed by atoms with van der Waals surface area (Å²) in [6.07, 6.45) is 2.44. The Bertz CT molecular complexity index is 410. The van der Waals surface area contributed by atoms with Gasteiger partial charge < -0.3 is 4.90 Å². The highest BCUT2D eigenvalue weighted by Gasteiger charge is 2.26. The first-order chi connectivity index (χ1) is 8.15. The van der Waals surface area contributed by atoms with Gasteiger partial charge in [0.1, 0.15) is 23.6 Å². The topological polar surface area (TPSA) is 20.3 Å². The molecule has 0 aliphatic carbocycles. The summed E-state index contributed by atoms with van der Waals surface area (Å²) in [4.78, 5) is 12.2. The molecule has 1 unspecified atom stereocenters. The maximum atomic E-state index is 13.7. The van der Waals surface area contributed by atoms with Gasteiger partial charge in [0.25, 0.3) is 0 Å². The van der Waals surface area contributed by atoms with E-state index in [-0.39, 0.29) is 11.3 Å². The molecule has 0 spiro atoms. The van der Waals surface area contributed by atoms with Gasteiger partial charge in [-0.15, -0.1) is 0 Å². The van der Waals surface area contributed by atoms with Crippen LogP contribution in [0.2, 0.25) is 0 Å². The zero-order chi connectivity index (χ0) is 12.4. The van der Waals surface area contributed by atoms with E-state index in [2.05, 4.69) is 6.92 Å². The van der Waals surface area contributed by atoms with E-state index in [1.54, 1.807) is 4.90 Å². The minimum atomic E-state index is -0.649. The van der Waals surface area contributed by atoms with Crippen LogP contribution in [0.5, 0.6) is 0 Å². The first kappa shape index (κ1) is 12.0. The van der Waals surface area contributed by atoms with Gasteiger partial charge in [-0.2, -0.15) is 0 Å². The molecular weight excluding hydrogens is 224 g/mol. The van der Waals surface area contributed by atoms with Crippen LogP contribution in [-0.2, 0) is 0 Å². The molecule has 0 radical (unpaired) electrons. The zero-order valence-electron chi connectivity index (χ0n) is 9.75. The Balaban J connectivity index is 2.30. The third kappa shape index (κ3) is 2.30. The van der Waals surface area contributed by atoms with Crippen molar-refractivity contribution in [3.05, 3.63) is 29.3 Å². The van der Waals surface area contributed by atoms with Crippen LogP contribution in [0.1, 0.15) is 30.1 Å². The van der Waals surface area contributed by atoms with Gasteiger partial charge in [0, 0.05) is 18.7 Å². The predicted octanol–water partition coefficient (Wildman–Crippen LogP) is 3.01. The molecule has 1 heterocycles. The van der Waals surface area contributed by atoms with E-state index in [0.29, 0.717) is 25.3 Å². The maximum absolute atomic E-state index is 13.7. The van der Waals surface area contributed by atoms with E-state index in [1.165, 1.54) is 0 Å². The fourth-order valence-corrected chi connectivity index (χ4v) is 2.32. The van der Waals surface area contributed by atoms with Crippen LogP contribution >= 0.6 is 0 Å². The summed E-state index contributed by atoms with van der Waals surface area (Å²) in [5.41, 5.74) is 0.0431. The van der Waals surface area contributed by atoms with Gasteiger partial charge in [-0.3, -0.25) is 4.79 Å². The van der Waals surface area contributed by atoms with Crippen molar-refractivity contribution in [1.29, 1.82) is 0 Å². The van der Waals surface area contributed by atoms with E-state index in [9.17, 15) is 13.6 Å². The van der Waals surface area contributed by atoms with Crippen LogP contribution < -0.4 is 4.90 Å². The van der Waals surface area contributed by atoms with Crippen LogP contribution in [0.3, 0.4) is 0 Å². The number of carbonyl (C=O) groups is 1. The van der Waals surface area contributed by atoms with E-state index in [1.807, 2.05) is 0 Å². The Morgan fingerprint density at radius 2 is 2.06 bits per heavy atom. The molecule has 1 aliphatic heterocycles. The summed E-state index contributed by atoms with van der Waals surface area (Å²) < 4.78 is 27.5. The van der Waals surface area contributed by atoms with Gasteiger partial charge in [-0.25, -0.2) is 8.78 Å². The summed E-state index contributed by atoms with van der Waals surface area (Å²) in [6, 6.07) is 2.18. The summed E-state index contributed by atoms with van der Waals surface area (Å²) in [6.45, 7) is 3.44. The van der Waals surface area contributed by atoms with E-state index < -0.39 is 11.6 Å². The lowest BCUT2D eigenvalue weighted by Crippen LogP contribution is -2.22. The molecule has 2 nitrogen and oxygen atoms in total. The average molecular weight is 239 g/mol. The predicted molar refractivity (Wildman–Crippen MR) is 62.4 cm³/mol. The maximum Gasteiger partial charge on any atom is 0.150 e. The summed E-state index contributed by atoms with van der Waals surface area (Å²) >= 11 is 0. The van der Waals surface area contributed by atoms with Gasteiger partial charge in [0.05, 0.1) is 0 Å². The fourth-order valence-electron chi connectivity index (χ4n) is 2.32. The summed E-state index contributed by atoms with van der Waals surface area (Å²) in [5, 5.41) is 0. The molecule has 17 heavy (non-hydrogen) atoms. The van der Waals surface area contributed by atoms with Gasteiger partial charge in [-0.1, -0.05) is 13.3 Å². The van der Waals surface area contributed by atoms with Crippen LogP contribution in [0.4, 0.5) is 14.5 Å². The highest BCUT2D eigenvalue weighted by atomic mass is 19.1. The minimum Gasteiger partial charge on any atom is -0.367 e. The first-order valence-corrected chi connectivity index (χ1v) is 5.84. The Hall–Kier alpha value is -1.45. The molecule has 4 heteroatoms. The lowest BCUT2D eigenvalue weighted by molar-refractivity contribution is 0.112. The second kappa shape index (κ2) is 4.82. The van der Waals surface area contributed by atoms with E-state index in [0.717, 1.165) is 25.0 Å². The molecule has 1 aromatic carbocycles. The van der Waals surface area contributed by atoms with Gasteiger partial charge in [0.2, 0.25) is 0 Å². The fraction of sp³-hybridized carbons (Fsp3) is 0.462. The quantitative estimate of drug-likeness (QED) is 0.756. The summed E-state index contributed by atoms with van der Waals surface area (Å²) in [5.74, 6) is -0.799. The van der Waals surface area contributed by atoms with Crippen molar-refractivity contribution in [2.24, 2.45) is 5.92 Å². The average Bonchev–Trinajstić information content (AvgIpc) is 2.76. The smallest absolute Gasteiger partial charge is 0.150 e. The Morgan fingerprint density at radius 1 is 1.41 bits per heavy atom. The molecule has 0 bridgehead atoms. The van der Waals surface area contributed by atoms with Crippen LogP contribution in [0.15, 0.2) is 12.1 Å². The number of hydrogen-bond donors (Lipinski definition) is 0. The monoisotopic (exact) mass is 239 g/mol. The Labute approximate surface area is 99.2 Å². The van der Waals surface area contributed by atoms with Crippen LogP contribution in [-0.4, -0.2) is 19.4 Å². The number of nitrogens with zero attached hydrogens (tertiary/aromatic N) is 1. The first-order valence-electron chi connectivity index (χ1n) is 5.84. The SMILES string of the molecule is CCC1CCN(c2c(F)cc(C=O)cc2F)C1. The Morgan fingerprint density at radius 3 is 2.53 bits per heavy atom. The molecule has 0 saturated carbocycles. The molecule has 1 aliphatic rings. The van der Waals surface area contributed by atoms with E-state index in [4.69, 9.17) is 0 Å². The number of aldehydes is 1. The largest absolute Gasteiger partial charge is 0.367 e. The number of hydrogen-bond acceptors (Lipinski definition) is 2. The van der Waals surface area contributed by atoms with Gasteiger partial charge in [0.15, 0.2) is 0 Å². The molecule has 0 aromatic heterocycles. The minimum absolute atomic E-state index is 0.00606. The van der Waals surface area contributed by atoms with Crippen LogP contribution in [0.25, 0.3) is 0 Å². The van der Waals surface area contributed by atoms with Gasteiger partial charge >= 0.3 is 0 Å². The molecule has 2 rings (SSSR count). The Kier molecular flexibility index (Phi) is 3.41. The second-order valence-electron chi connectivity index (χ2n) is 4.46. The number of rotatable bonds is 3. The molecule has 0 N–H and O–H groups in total. The van der Waals surface area contributed by atoms with Crippen molar-refractivity contribution in [3.63, 3.8) is 0 Å². The molecule has 1 saturated heterocycles. The number of anilines is 1. The lowest BCUT2D eigenvalue weighted by atomic mass is 10.1. The third-order valence-electron chi connectivity index (χ3n) is 3.35. The normalized spacial score (nSPS) is 19.7. The molecule has 1 fully saturated rings. The molecule has 1 atom stereocenters. The standard InChI is InChI=1S/C13H15F2NO/c1-2-9-3-4-16(7-9)13-11(14)5-10(8-17)6-12(13)15/h5-6,8-9H,2-4,7H2,1H3. The van der Waals surface area contributed by atoms with Crippen molar-refractivity contribution >= 4 is 12.0 Å². The van der Waals surface area contributed by atoms with Crippen LogP contribution in [0, 0.1) is 17.6 Å². The molecular formula is C13H15F2NO. The van der Waals surface area contributed by atoms with Crippen molar-refractivity contribution in [2.45, 2.75) is 19.8 Å². The van der Waals surface area contributed by atoms with Crippen molar-refractivity contribution in [2.75, 3.05) is 18.0 Å². The highest BCUT2D eigenvalue weighted by Crippen LogP contribution is 2.30. The van der Waals surface area contributed by atoms with Crippen molar-refractivity contribution < 1.29 is 13.6 Å². The highest BCUT2D eigenvalue weighted by molar-refractivity contribution is 5.76. The number of benzene rings is 1. The molecule has 0 amide bonds. The van der Waals surface area contributed by atoms with E-state index >= 15 is 0 Å². The zero-order valence-corrected chi connectivity index (χ0v) is 9.75. The third-order valence-corrected chi connectivity index (χ3v) is 3.35. The van der Waals surface area contributed by atoms with Crippen molar-refractivity contribution in [1.82, 2.24) is 0 Å². The second-order valence-corrected chi connectivity index (χ2v) is 4.46. The number of halogens is 2. The van der Waals surface area contributed by atoms with Crippen molar-refractivity contribution in [3.8, 4) is 0 Å².